The molecule has 20 heavy (non-hydrogen) atoms. The van der Waals surface area contributed by atoms with E-state index < -0.39 is 11.7 Å². The smallest absolute Gasteiger partial charge is 0.133 e. The lowest BCUT2D eigenvalue weighted by molar-refractivity contribution is 0.567. The molecule has 0 saturated carbocycles. The molecule has 108 valence electrons. The monoisotopic (exact) mass is 279 g/mol. The number of aromatic nitrogens is 1. The van der Waals surface area contributed by atoms with Crippen molar-refractivity contribution in [2.75, 3.05) is 5.73 Å². The third kappa shape index (κ3) is 3.29. The minimum atomic E-state index is -0.607. The molecule has 3 N–H and O–H groups in total. The topological polar surface area (TPSA) is 62.8 Å². The number of rotatable bonds is 2. The highest BCUT2D eigenvalue weighted by Crippen LogP contribution is 2.34. The van der Waals surface area contributed by atoms with E-state index in [1.54, 1.807) is 13.0 Å². The van der Waals surface area contributed by atoms with Gasteiger partial charge in [-0.25, -0.2) is 13.8 Å². The Morgan fingerprint density at radius 2 is 1.95 bits per heavy atom. The second kappa shape index (κ2) is 6.93. The van der Waals surface area contributed by atoms with Gasteiger partial charge in [-0.3, -0.25) is 0 Å². The van der Waals surface area contributed by atoms with Gasteiger partial charge in [0.25, 0.3) is 0 Å². The Labute approximate surface area is 117 Å². The summed E-state index contributed by atoms with van der Waals surface area (Å²) in [6.45, 7) is 5.58. The lowest BCUT2D eigenvalue weighted by Crippen LogP contribution is -2.05. The van der Waals surface area contributed by atoms with E-state index in [0.29, 0.717) is 12.0 Å². The third-order valence-electron chi connectivity index (χ3n) is 2.78. The molecule has 0 bridgehead atoms. The highest BCUT2D eigenvalue weighted by Gasteiger charge is 2.20. The Balaban J connectivity index is 0.000000956. The van der Waals surface area contributed by atoms with Crippen LogP contribution in [0, 0.1) is 5.41 Å². The Hall–Kier alpha value is -2.04. The van der Waals surface area contributed by atoms with Crippen molar-refractivity contribution in [2.24, 2.45) is 0 Å². The van der Waals surface area contributed by atoms with Crippen LogP contribution in [0.2, 0.25) is 0 Å². The molecule has 0 amide bonds. The molecule has 1 heterocycles. The SMILES string of the molecule is CC.CC(=N)c1ccc(C2=C(F)CCC=C2F)nc1N. The highest BCUT2D eigenvalue weighted by molar-refractivity contribution is 6.00. The quantitative estimate of drug-likeness (QED) is 0.788. The number of allylic oxidation sites excluding steroid dienone is 4. The summed E-state index contributed by atoms with van der Waals surface area (Å²) >= 11 is 0. The lowest BCUT2D eigenvalue weighted by atomic mass is 10.0. The molecule has 1 aliphatic carbocycles. The number of nitrogens with two attached hydrogens (primary N) is 1. The number of hydrogen-bond donors (Lipinski definition) is 2. The summed E-state index contributed by atoms with van der Waals surface area (Å²) < 4.78 is 27.3. The molecule has 0 saturated heterocycles. The first-order chi connectivity index (χ1) is 9.50. The van der Waals surface area contributed by atoms with Gasteiger partial charge in [0.05, 0.1) is 11.3 Å². The Morgan fingerprint density at radius 3 is 2.45 bits per heavy atom. The first-order valence-electron chi connectivity index (χ1n) is 6.58. The van der Waals surface area contributed by atoms with Crippen LogP contribution >= 0.6 is 0 Å². The maximum Gasteiger partial charge on any atom is 0.133 e. The molecule has 3 nitrogen and oxygen atoms in total. The maximum absolute atomic E-state index is 13.7. The molecular formula is C15H19F2N3. The van der Waals surface area contributed by atoms with E-state index in [9.17, 15) is 8.78 Å². The van der Waals surface area contributed by atoms with Crippen LogP contribution in [0.5, 0.6) is 0 Å². The van der Waals surface area contributed by atoms with Crippen molar-refractivity contribution < 1.29 is 8.78 Å². The van der Waals surface area contributed by atoms with Gasteiger partial charge in [-0.15, -0.1) is 0 Å². The molecule has 1 aliphatic rings. The predicted octanol–water partition coefficient (Wildman–Crippen LogP) is 4.41. The third-order valence-corrected chi connectivity index (χ3v) is 2.78. The second-order valence-electron chi connectivity index (χ2n) is 4.12. The molecule has 0 unspecified atom stereocenters. The molecular weight excluding hydrogens is 260 g/mol. The van der Waals surface area contributed by atoms with Crippen LogP contribution in [0.25, 0.3) is 5.57 Å². The number of nitrogen functional groups attached to an aromatic ring is 1. The van der Waals surface area contributed by atoms with Crippen molar-refractivity contribution >= 4 is 17.1 Å². The summed E-state index contributed by atoms with van der Waals surface area (Å²) in [4.78, 5) is 3.98. The Morgan fingerprint density at radius 1 is 1.30 bits per heavy atom. The largest absolute Gasteiger partial charge is 0.383 e. The van der Waals surface area contributed by atoms with Crippen molar-refractivity contribution in [2.45, 2.75) is 33.6 Å². The number of pyridine rings is 1. The van der Waals surface area contributed by atoms with Gasteiger partial charge in [-0.1, -0.05) is 13.8 Å². The van der Waals surface area contributed by atoms with E-state index in [4.69, 9.17) is 11.1 Å². The fourth-order valence-corrected chi connectivity index (χ4v) is 1.87. The summed E-state index contributed by atoms with van der Waals surface area (Å²) in [6.07, 6.45) is 1.87. The van der Waals surface area contributed by atoms with Crippen LogP contribution in [-0.4, -0.2) is 10.7 Å². The molecule has 0 fully saturated rings. The first kappa shape index (κ1) is 16.0. The van der Waals surface area contributed by atoms with E-state index in [2.05, 4.69) is 4.98 Å². The van der Waals surface area contributed by atoms with Crippen LogP contribution in [0.3, 0.4) is 0 Å². The maximum atomic E-state index is 13.7. The molecule has 0 aromatic carbocycles. The molecule has 0 aliphatic heterocycles. The van der Waals surface area contributed by atoms with Crippen molar-refractivity contribution in [1.82, 2.24) is 4.98 Å². The van der Waals surface area contributed by atoms with Crippen molar-refractivity contribution in [1.29, 1.82) is 5.41 Å². The number of nitrogens with one attached hydrogen (secondary N) is 1. The van der Waals surface area contributed by atoms with Crippen LogP contribution < -0.4 is 5.73 Å². The van der Waals surface area contributed by atoms with E-state index in [0.717, 1.165) is 0 Å². The van der Waals surface area contributed by atoms with Gasteiger partial charge in [0.1, 0.15) is 17.5 Å². The number of nitrogens with zero attached hydrogens (tertiary/aromatic N) is 1. The van der Waals surface area contributed by atoms with Crippen molar-refractivity contribution in [3.05, 3.63) is 41.1 Å². The molecule has 2 rings (SSSR count). The number of halogens is 2. The van der Waals surface area contributed by atoms with Crippen LogP contribution in [0.4, 0.5) is 14.6 Å². The van der Waals surface area contributed by atoms with Gasteiger partial charge in [-0.05, 0) is 31.6 Å². The zero-order valence-corrected chi connectivity index (χ0v) is 11.9. The van der Waals surface area contributed by atoms with E-state index in [1.807, 2.05) is 13.8 Å². The zero-order valence-electron chi connectivity index (χ0n) is 11.9. The normalized spacial score (nSPS) is 14.3. The van der Waals surface area contributed by atoms with E-state index in [-0.39, 0.29) is 29.2 Å². The fourth-order valence-electron chi connectivity index (χ4n) is 1.87. The van der Waals surface area contributed by atoms with Crippen LogP contribution in [-0.2, 0) is 0 Å². The Bertz CT molecular complexity index is 574. The average molecular weight is 279 g/mol. The van der Waals surface area contributed by atoms with Crippen LogP contribution in [0.15, 0.2) is 29.9 Å². The molecule has 5 heteroatoms. The van der Waals surface area contributed by atoms with Gasteiger partial charge in [0.2, 0.25) is 0 Å². The summed E-state index contributed by atoms with van der Waals surface area (Å²) in [5.41, 5.74) is 6.46. The van der Waals surface area contributed by atoms with Crippen LogP contribution in [0.1, 0.15) is 44.9 Å². The lowest BCUT2D eigenvalue weighted by Gasteiger charge is -2.13. The van der Waals surface area contributed by atoms with Gasteiger partial charge in [0, 0.05) is 17.7 Å². The number of hydrogen-bond acceptors (Lipinski definition) is 3. The fraction of sp³-hybridized carbons (Fsp3) is 0.333. The average Bonchev–Trinajstić information content (AvgIpc) is 2.40. The van der Waals surface area contributed by atoms with Crippen molar-refractivity contribution in [3.63, 3.8) is 0 Å². The highest BCUT2D eigenvalue weighted by atomic mass is 19.1. The number of anilines is 1. The summed E-state index contributed by atoms with van der Waals surface area (Å²) in [5.74, 6) is -1.01. The minimum absolute atomic E-state index is 0.110. The predicted molar refractivity (Wildman–Crippen MR) is 79.0 cm³/mol. The summed E-state index contributed by atoms with van der Waals surface area (Å²) in [6, 6.07) is 3.04. The zero-order chi connectivity index (χ0) is 15.3. The molecule has 0 atom stereocenters. The van der Waals surface area contributed by atoms with Gasteiger partial charge >= 0.3 is 0 Å². The van der Waals surface area contributed by atoms with E-state index in [1.165, 1.54) is 12.1 Å². The summed E-state index contributed by atoms with van der Waals surface area (Å²) in [5, 5.41) is 7.48. The molecule has 0 radical (unpaired) electrons. The second-order valence-corrected chi connectivity index (χ2v) is 4.12. The van der Waals surface area contributed by atoms with Gasteiger partial charge < -0.3 is 11.1 Å². The van der Waals surface area contributed by atoms with Gasteiger partial charge in [-0.2, -0.15) is 0 Å². The Kier molecular flexibility index (Phi) is 5.55. The van der Waals surface area contributed by atoms with Crippen molar-refractivity contribution in [3.8, 4) is 0 Å². The minimum Gasteiger partial charge on any atom is -0.383 e. The molecule has 1 aromatic rings. The van der Waals surface area contributed by atoms with Gasteiger partial charge in [0.15, 0.2) is 0 Å². The molecule has 1 aromatic heterocycles. The standard InChI is InChI=1S/C13H13F2N3.C2H6/c1-7(16)8-5-6-11(18-13(8)17)12-9(14)3-2-4-10(12)15;1-2/h3,5-6,16H,2,4H2,1H3,(H2,17,18);1-2H3. The summed E-state index contributed by atoms with van der Waals surface area (Å²) in [7, 11) is 0. The van der Waals surface area contributed by atoms with E-state index >= 15 is 0 Å². The molecule has 0 spiro atoms. The first-order valence-corrected chi connectivity index (χ1v) is 6.58.